The molecule has 8 heteroatoms. The van der Waals surface area contributed by atoms with Crippen LogP contribution in [0.15, 0.2) is 35.3 Å². The molecule has 1 fully saturated rings. The molecular weight excluding hydrogens is 390 g/mol. The molecule has 1 atom stereocenters. The zero-order valence-electron chi connectivity index (χ0n) is 18.4. The number of rotatable bonds is 3. The lowest BCUT2D eigenvalue weighted by Gasteiger charge is -2.41. The highest BCUT2D eigenvalue weighted by atomic mass is 16.1. The topological polar surface area (TPSA) is 82.4 Å². The zero-order chi connectivity index (χ0) is 21.7. The van der Waals surface area contributed by atoms with E-state index < -0.39 is 0 Å². The third-order valence-corrected chi connectivity index (χ3v) is 6.18. The Labute approximate surface area is 180 Å². The van der Waals surface area contributed by atoms with Crippen molar-refractivity contribution in [1.82, 2.24) is 29.5 Å². The average Bonchev–Trinajstić information content (AvgIpc) is 3.18. The molecule has 0 aliphatic carbocycles. The van der Waals surface area contributed by atoms with Gasteiger partial charge < -0.3 is 14.8 Å². The summed E-state index contributed by atoms with van der Waals surface area (Å²) in [5.74, 6) is 0.469. The van der Waals surface area contributed by atoms with Crippen LogP contribution in [0.3, 0.4) is 0 Å². The third-order valence-electron chi connectivity index (χ3n) is 6.18. The summed E-state index contributed by atoms with van der Waals surface area (Å²) in [4.78, 5) is 29.9. The molecule has 1 aliphatic heterocycles. The standard InChI is InChI=1S/C23H27N7O/c1-5-16-13-28(4)8-9-29(16)17-6-7-19-18(10-17)23(31)26-22(25-19)20-11-21-15(3)24-14(2)12-30(21)27-20/h6-7,10-12,16H,5,8-9,13H2,1-4H3,(H,25,26,31). The molecule has 1 saturated heterocycles. The van der Waals surface area contributed by atoms with E-state index in [2.05, 4.69) is 44.9 Å². The molecule has 1 unspecified atom stereocenters. The first-order chi connectivity index (χ1) is 14.9. The van der Waals surface area contributed by atoms with Gasteiger partial charge in [-0.25, -0.2) is 9.50 Å². The van der Waals surface area contributed by atoms with Crippen molar-refractivity contribution in [3.63, 3.8) is 0 Å². The highest BCUT2D eigenvalue weighted by molar-refractivity contribution is 5.83. The Bertz CT molecular complexity index is 1340. The largest absolute Gasteiger partial charge is 0.366 e. The molecular formula is C23H27N7O. The van der Waals surface area contributed by atoms with Crippen LogP contribution in [0, 0.1) is 13.8 Å². The van der Waals surface area contributed by atoms with Gasteiger partial charge in [0.1, 0.15) is 5.69 Å². The van der Waals surface area contributed by atoms with Crippen molar-refractivity contribution in [1.29, 1.82) is 0 Å². The molecule has 1 aliphatic rings. The quantitative estimate of drug-likeness (QED) is 0.552. The number of likely N-dealkylation sites (N-methyl/N-ethyl adjacent to an activating group) is 1. The van der Waals surface area contributed by atoms with E-state index in [0.29, 0.717) is 28.5 Å². The number of hydrogen-bond acceptors (Lipinski definition) is 6. The number of H-pyrrole nitrogens is 1. The number of anilines is 1. The molecule has 1 N–H and O–H groups in total. The van der Waals surface area contributed by atoms with Crippen LogP contribution in [0.2, 0.25) is 0 Å². The average molecular weight is 418 g/mol. The summed E-state index contributed by atoms with van der Waals surface area (Å²) >= 11 is 0. The van der Waals surface area contributed by atoms with Crippen molar-refractivity contribution in [3.8, 4) is 11.5 Å². The van der Waals surface area contributed by atoms with E-state index in [0.717, 1.165) is 48.6 Å². The third kappa shape index (κ3) is 3.46. The lowest BCUT2D eigenvalue weighted by molar-refractivity contribution is 0.264. The number of aromatic amines is 1. The summed E-state index contributed by atoms with van der Waals surface area (Å²) in [6, 6.07) is 8.35. The minimum absolute atomic E-state index is 0.146. The van der Waals surface area contributed by atoms with Crippen LogP contribution in [0.25, 0.3) is 27.9 Å². The second kappa shape index (κ2) is 7.46. The number of fused-ring (bicyclic) bond motifs is 2. The lowest BCUT2D eigenvalue weighted by atomic mass is 10.1. The number of aryl methyl sites for hydroxylation is 2. The van der Waals surface area contributed by atoms with Crippen LogP contribution < -0.4 is 10.5 Å². The van der Waals surface area contributed by atoms with Crippen molar-refractivity contribution in [2.24, 2.45) is 0 Å². The van der Waals surface area contributed by atoms with Crippen LogP contribution in [-0.2, 0) is 0 Å². The van der Waals surface area contributed by atoms with Crippen molar-refractivity contribution in [3.05, 3.63) is 52.2 Å². The molecule has 0 amide bonds. The number of benzene rings is 1. The summed E-state index contributed by atoms with van der Waals surface area (Å²) in [6.07, 6.45) is 2.94. The maximum atomic E-state index is 13.0. The minimum atomic E-state index is -0.146. The Morgan fingerprint density at radius 2 is 2.00 bits per heavy atom. The molecule has 160 valence electrons. The van der Waals surface area contributed by atoms with Gasteiger partial charge >= 0.3 is 0 Å². The van der Waals surface area contributed by atoms with Gasteiger partial charge in [-0.05, 0) is 51.6 Å². The Kier molecular flexibility index (Phi) is 4.74. The second-order valence-electron chi connectivity index (χ2n) is 8.46. The normalized spacial score (nSPS) is 17.7. The Hall–Kier alpha value is -3.26. The first-order valence-electron chi connectivity index (χ1n) is 10.8. The maximum absolute atomic E-state index is 13.0. The van der Waals surface area contributed by atoms with Gasteiger partial charge in [0, 0.05) is 31.4 Å². The van der Waals surface area contributed by atoms with E-state index in [1.54, 1.807) is 4.52 Å². The first-order valence-corrected chi connectivity index (χ1v) is 10.8. The molecule has 3 aromatic heterocycles. The number of aromatic nitrogens is 5. The Morgan fingerprint density at radius 3 is 2.81 bits per heavy atom. The van der Waals surface area contributed by atoms with Crippen molar-refractivity contribution in [2.75, 3.05) is 31.6 Å². The van der Waals surface area contributed by atoms with E-state index in [-0.39, 0.29) is 5.56 Å². The zero-order valence-corrected chi connectivity index (χ0v) is 18.4. The summed E-state index contributed by atoms with van der Waals surface area (Å²) in [5, 5.41) is 5.21. The van der Waals surface area contributed by atoms with Crippen molar-refractivity contribution >= 4 is 22.1 Å². The number of piperazine rings is 1. The van der Waals surface area contributed by atoms with E-state index in [1.807, 2.05) is 38.2 Å². The molecule has 0 bridgehead atoms. The Balaban J connectivity index is 1.56. The first kappa shape index (κ1) is 19.7. The fourth-order valence-electron chi connectivity index (χ4n) is 4.53. The molecule has 0 spiro atoms. The van der Waals surface area contributed by atoms with E-state index in [1.165, 1.54) is 0 Å². The summed E-state index contributed by atoms with van der Waals surface area (Å²) in [7, 11) is 2.16. The monoisotopic (exact) mass is 417 g/mol. The smallest absolute Gasteiger partial charge is 0.259 e. The van der Waals surface area contributed by atoms with Crippen molar-refractivity contribution < 1.29 is 0 Å². The minimum Gasteiger partial charge on any atom is -0.366 e. The Morgan fingerprint density at radius 1 is 1.16 bits per heavy atom. The van der Waals surface area contributed by atoms with Crippen molar-refractivity contribution in [2.45, 2.75) is 33.2 Å². The summed E-state index contributed by atoms with van der Waals surface area (Å²) in [5.41, 5.74) is 4.92. The number of nitrogens with zero attached hydrogens (tertiary/aromatic N) is 6. The van der Waals surface area contributed by atoms with E-state index >= 15 is 0 Å². The van der Waals surface area contributed by atoms with Gasteiger partial charge in [0.05, 0.1) is 34.0 Å². The molecule has 4 aromatic rings. The van der Waals surface area contributed by atoms with Gasteiger partial charge in [0.2, 0.25) is 0 Å². The highest BCUT2D eigenvalue weighted by Crippen LogP contribution is 2.25. The maximum Gasteiger partial charge on any atom is 0.259 e. The molecule has 31 heavy (non-hydrogen) atoms. The molecule has 0 saturated carbocycles. The molecule has 4 heterocycles. The molecule has 0 radical (unpaired) electrons. The fraction of sp³-hybridized carbons (Fsp3) is 0.391. The fourth-order valence-corrected chi connectivity index (χ4v) is 4.53. The predicted molar refractivity (Wildman–Crippen MR) is 123 cm³/mol. The van der Waals surface area contributed by atoms with Crippen LogP contribution in [-0.4, -0.2) is 62.2 Å². The van der Waals surface area contributed by atoms with E-state index in [9.17, 15) is 4.79 Å². The molecule has 8 nitrogen and oxygen atoms in total. The van der Waals surface area contributed by atoms with Gasteiger partial charge in [0.25, 0.3) is 5.56 Å². The predicted octanol–water partition coefficient (Wildman–Crippen LogP) is 2.78. The van der Waals surface area contributed by atoms with Gasteiger partial charge in [-0.15, -0.1) is 0 Å². The second-order valence-corrected chi connectivity index (χ2v) is 8.46. The number of nitrogens with one attached hydrogen (secondary N) is 1. The van der Waals surface area contributed by atoms with Crippen LogP contribution >= 0.6 is 0 Å². The number of hydrogen-bond donors (Lipinski definition) is 1. The van der Waals surface area contributed by atoms with Crippen LogP contribution in [0.5, 0.6) is 0 Å². The van der Waals surface area contributed by atoms with E-state index in [4.69, 9.17) is 4.98 Å². The molecule has 5 rings (SSSR count). The van der Waals surface area contributed by atoms with Gasteiger partial charge in [-0.2, -0.15) is 5.10 Å². The van der Waals surface area contributed by atoms with Gasteiger partial charge in [0.15, 0.2) is 5.82 Å². The SMILES string of the molecule is CCC1CN(C)CCN1c1ccc2nc(-c3cc4c(C)nc(C)cn4n3)[nH]c(=O)c2c1. The lowest BCUT2D eigenvalue weighted by Crippen LogP contribution is -2.51. The molecule has 1 aromatic carbocycles. The summed E-state index contributed by atoms with van der Waals surface area (Å²) in [6.45, 7) is 9.11. The highest BCUT2D eigenvalue weighted by Gasteiger charge is 2.24. The van der Waals surface area contributed by atoms with Crippen LogP contribution in [0.4, 0.5) is 5.69 Å². The van der Waals surface area contributed by atoms with Gasteiger partial charge in [-0.1, -0.05) is 6.92 Å². The summed E-state index contributed by atoms with van der Waals surface area (Å²) < 4.78 is 1.79. The van der Waals surface area contributed by atoms with Crippen LogP contribution in [0.1, 0.15) is 24.7 Å². The van der Waals surface area contributed by atoms with Gasteiger partial charge in [-0.3, -0.25) is 9.78 Å².